The highest BCUT2D eigenvalue weighted by Gasteiger charge is 2.32. The molecule has 1 aliphatic heterocycles. The summed E-state index contributed by atoms with van der Waals surface area (Å²) < 4.78 is 5.19. The molecule has 1 aliphatic rings. The first-order valence-electron chi connectivity index (χ1n) is 4.74. The molecule has 0 radical (unpaired) electrons. The summed E-state index contributed by atoms with van der Waals surface area (Å²) in [4.78, 5) is 21.1. The topological polar surface area (TPSA) is 89.7 Å². The average molecular weight is 223 g/mol. The molecule has 0 bridgehead atoms. The summed E-state index contributed by atoms with van der Waals surface area (Å²) in [5.41, 5.74) is 0.205. The van der Waals surface area contributed by atoms with Gasteiger partial charge in [-0.2, -0.15) is 0 Å². The number of nitro benzene ring substituents is 1. The van der Waals surface area contributed by atoms with E-state index in [1.165, 1.54) is 12.1 Å². The normalized spacial score (nSPS) is 18.4. The number of carbonyl (C=O) groups is 1. The van der Waals surface area contributed by atoms with Crippen LogP contribution < -0.4 is 4.74 Å². The minimum absolute atomic E-state index is 0.0890. The van der Waals surface area contributed by atoms with Gasteiger partial charge in [0.25, 0.3) is 0 Å². The van der Waals surface area contributed by atoms with Gasteiger partial charge in [0.05, 0.1) is 17.4 Å². The van der Waals surface area contributed by atoms with Gasteiger partial charge in [-0.05, 0) is 6.42 Å². The number of hydrogen-bond donors (Lipinski definition) is 1. The van der Waals surface area contributed by atoms with Crippen LogP contribution in [-0.4, -0.2) is 22.6 Å². The molecule has 1 atom stereocenters. The summed E-state index contributed by atoms with van der Waals surface area (Å²) in [6, 6.07) is 4.34. The number of ether oxygens (including phenoxy) is 1. The Morgan fingerprint density at radius 1 is 1.56 bits per heavy atom. The molecular weight excluding hydrogens is 214 g/mol. The molecule has 1 N–H and O–H groups in total. The number of aliphatic carboxylic acids is 1. The molecule has 1 aromatic carbocycles. The largest absolute Gasteiger partial charge is 0.487 e. The molecule has 1 heterocycles. The third-order valence-electron chi connectivity index (χ3n) is 2.55. The third-order valence-corrected chi connectivity index (χ3v) is 2.55. The van der Waals surface area contributed by atoms with E-state index in [1.807, 2.05) is 0 Å². The van der Waals surface area contributed by atoms with E-state index in [1.54, 1.807) is 6.07 Å². The predicted molar refractivity (Wildman–Crippen MR) is 53.6 cm³/mol. The number of hydrogen-bond acceptors (Lipinski definition) is 4. The Morgan fingerprint density at radius 2 is 2.31 bits per heavy atom. The molecule has 0 spiro atoms. The molecule has 1 unspecified atom stereocenters. The van der Waals surface area contributed by atoms with Crippen LogP contribution in [0.25, 0.3) is 0 Å². The van der Waals surface area contributed by atoms with Crippen LogP contribution in [0.4, 0.5) is 5.69 Å². The quantitative estimate of drug-likeness (QED) is 0.606. The molecule has 84 valence electrons. The molecule has 0 aliphatic carbocycles. The van der Waals surface area contributed by atoms with Gasteiger partial charge in [-0.1, -0.05) is 12.1 Å². The molecule has 0 amide bonds. The van der Waals surface area contributed by atoms with Crippen molar-refractivity contribution in [3.05, 3.63) is 33.9 Å². The highest BCUT2D eigenvalue weighted by molar-refractivity contribution is 5.78. The van der Waals surface area contributed by atoms with Gasteiger partial charge in [0.1, 0.15) is 0 Å². The van der Waals surface area contributed by atoms with Crippen molar-refractivity contribution in [2.45, 2.75) is 12.3 Å². The molecular formula is C10H9NO5. The van der Waals surface area contributed by atoms with E-state index in [4.69, 9.17) is 9.84 Å². The van der Waals surface area contributed by atoms with E-state index in [9.17, 15) is 14.9 Å². The summed E-state index contributed by atoms with van der Waals surface area (Å²) in [6.45, 7) is 0.189. The first-order valence-corrected chi connectivity index (χ1v) is 4.74. The van der Waals surface area contributed by atoms with Crippen LogP contribution in [-0.2, 0) is 4.79 Å². The Balaban J connectivity index is 2.54. The molecule has 0 saturated heterocycles. The van der Waals surface area contributed by atoms with Crippen LogP contribution in [0.1, 0.15) is 17.9 Å². The maximum Gasteiger partial charge on any atom is 0.311 e. The fraction of sp³-hybridized carbons (Fsp3) is 0.300. The second-order valence-electron chi connectivity index (χ2n) is 3.48. The van der Waals surface area contributed by atoms with Crippen molar-refractivity contribution in [2.24, 2.45) is 0 Å². The Labute approximate surface area is 90.6 Å². The zero-order valence-electron chi connectivity index (χ0n) is 8.25. The van der Waals surface area contributed by atoms with Gasteiger partial charge in [0.2, 0.25) is 5.75 Å². The maximum absolute atomic E-state index is 11.0. The minimum Gasteiger partial charge on any atom is -0.487 e. The molecule has 1 aromatic rings. The number of para-hydroxylation sites is 1. The van der Waals surface area contributed by atoms with E-state index < -0.39 is 16.8 Å². The van der Waals surface area contributed by atoms with Crippen LogP contribution >= 0.6 is 0 Å². The lowest BCUT2D eigenvalue weighted by molar-refractivity contribution is -0.386. The second kappa shape index (κ2) is 3.80. The fourth-order valence-corrected chi connectivity index (χ4v) is 1.81. The van der Waals surface area contributed by atoms with E-state index in [2.05, 4.69) is 0 Å². The van der Waals surface area contributed by atoms with Gasteiger partial charge >= 0.3 is 11.7 Å². The second-order valence-corrected chi connectivity index (χ2v) is 3.48. The lowest BCUT2D eigenvalue weighted by atomic mass is 9.93. The first kappa shape index (κ1) is 10.4. The monoisotopic (exact) mass is 223 g/mol. The number of rotatable bonds is 2. The highest BCUT2D eigenvalue weighted by atomic mass is 16.6. The Hall–Kier alpha value is -2.11. The van der Waals surface area contributed by atoms with Crippen molar-refractivity contribution in [2.75, 3.05) is 6.61 Å². The zero-order chi connectivity index (χ0) is 11.7. The van der Waals surface area contributed by atoms with E-state index in [-0.39, 0.29) is 18.0 Å². The number of nitrogens with zero attached hydrogens (tertiary/aromatic N) is 1. The Bertz CT molecular complexity index is 457. The van der Waals surface area contributed by atoms with Crippen molar-refractivity contribution < 1.29 is 19.6 Å². The average Bonchev–Trinajstić information content (AvgIpc) is 2.27. The first-order chi connectivity index (χ1) is 7.61. The smallest absolute Gasteiger partial charge is 0.311 e. The molecule has 6 nitrogen and oxygen atoms in total. The van der Waals surface area contributed by atoms with Gasteiger partial charge in [0.15, 0.2) is 0 Å². The summed E-state index contributed by atoms with van der Waals surface area (Å²) >= 11 is 0. The van der Waals surface area contributed by atoms with Gasteiger partial charge in [-0.3, -0.25) is 14.9 Å². The Kier molecular flexibility index (Phi) is 2.47. The van der Waals surface area contributed by atoms with E-state index in [0.29, 0.717) is 12.0 Å². The number of benzene rings is 1. The van der Waals surface area contributed by atoms with E-state index in [0.717, 1.165) is 0 Å². The van der Waals surface area contributed by atoms with Gasteiger partial charge in [-0.15, -0.1) is 0 Å². The molecule has 6 heteroatoms. The van der Waals surface area contributed by atoms with Crippen molar-refractivity contribution in [3.8, 4) is 5.75 Å². The van der Waals surface area contributed by atoms with Crippen LogP contribution in [0.3, 0.4) is 0 Å². The minimum atomic E-state index is -0.981. The summed E-state index contributed by atoms with van der Waals surface area (Å²) in [5.74, 6) is -1.61. The lowest BCUT2D eigenvalue weighted by Crippen LogP contribution is -2.21. The molecule has 0 saturated carbocycles. The maximum atomic E-state index is 11.0. The fourth-order valence-electron chi connectivity index (χ4n) is 1.81. The van der Waals surface area contributed by atoms with Gasteiger partial charge < -0.3 is 9.84 Å². The number of carboxylic acids is 1. The summed E-state index contributed by atoms with van der Waals surface area (Å²) in [7, 11) is 0. The molecule has 16 heavy (non-hydrogen) atoms. The standard InChI is InChI=1S/C10H9NO5/c12-10(13)7-4-5-16-9-6(7)2-1-3-8(9)11(14)15/h1-3,7H,4-5H2,(H,12,13). The van der Waals surface area contributed by atoms with Crippen molar-refractivity contribution >= 4 is 11.7 Å². The zero-order valence-corrected chi connectivity index (χ0v) is 8.25. The van der Waals surface area contributed by atoms with Crippen LogP contribution in [0, 0.1) is 10.1 Å². The van der Waals surface area contributed by atoms with Crippen LogP contribution in [0.5, 0.6) is 5.75 Å². The summed E-state index contributed by atoms with van der Waals surface area (Å²) in [6.07, 6.45) is 0.337. The van der Waals surface area contributed by atoms with Gasteiger partial charge in [0, 0.05) is 11.6 Å². The molecule has 0 fully saturated rings. The molecule has 0 aromatic heterocycles. The van der Waals surface area contributed by atoms with Gasteiger partial charge in [-0.25, -0.2) is 0 Å². The van der Waals surface area contributed by atoms with E-state index >= 15 is 0 Å². The third kappa shape index (κ3) is 1.58. The number of nitro groups is 1. The Morgan fingerprint density at radius 3 is 2.94 bits per heavy atom. The lowest BCUT2D eigenvalue weighted by Gasteiger charge is -2.22. The molecule has 2 rings (SSSR count). The van der Waals surface area contributed by atoms with Crippen molar-refractivity contribution in [1.29, 1.82) is 0 Å². The highest BCUT2D eigenvalue weighted by Crippen LogP contribution is 2.40. The van der Waals surface area contributed by atoms with Crippen molar-refractivity contribution in [3.63, 3.8) is 0 Å². The van der Waals surface area contributed by atoms with Crippen LogP contribution in [0.2, 0.25) is 0 Å². The number of carboxylic acid groups (broad SMARTS) is 1. The number of fused-ring (bicyclic) bond motifs is 1. The predicted octanol–water partition coefficient (Wildman–Crippen LogP) is 1.55. The van der Waals surface area contributed by atoms with Crippen LogP contribution in [0.15, 0.2) is 18.2 Å². The van der Waals surface area contributed by atoms with Crippen molar-refractivity contribution in [1.82, 2.24) is 0 Å². The summed E-state index contributed by atoms with van der Waals surface area (Å²) in [5, 5.41) is 19.7. The SMILES string of the molecule is O=C(O)C1CCOc2c1cccc2[N+](=O)[O-].